The smallest absolute Gasteiger partial charge is 0.549 e. The van der Waals surface area contributed by atoms with Gasteiger partial charge in [0.2, 0.25) is 0 Å². The van der Waals surface area contributed by atoms with Crippen LogP contribution in [0.25, 0.3) is 0 Å². The molecule has 216 valence electrons. The Bertz CT molecular complexity index is 549. The van der Waals surface area contributed by atoms with Crippen molar-refractivity contribution in [3.63, 3.8) is 0 Å². The topological polar surface area (TPSA) is 161 Å². The van der Waals surface area contributed by atoms with Crippen LogP contribution in [0.4, 0.5) is 0 Å². The first-order valence-corrected chi connectivity index (χ1v) is 13.8. The Morgan fingerprint density at radius 1 is 0.405 bits per heavy atom. The maximum Gasteiger partial charge on any atom is 4.00 e. The summed E-state index contributed by atoms with van der Waals surface area (Å²) < 4.78 is -3.67. The zero-order valence-electron chi connectivity index (χ0n) is 23.2. The molecule has 0 aromatic heterocycles. The van der Waals surface area contributed by atoms with Gasteiger partial charge < -0.3 is 39.6 Å². The predicted molar refractivity (Wildman–Crippen MR) is 149 cm³/mol. The molecule has 0 spiro atoms. The summed E-state index contributed by atoms with van der Waals surface area (Å²) in [6.45, 7) is 14.3. The minimum atomic E-state index is -1.07. The molecule has 0 aromatic rings. The number of carboxylic acids is 4. The molecular weight excluding hydrogens is 636 g/mol. The number of carbonyl (C=O) groups excluding carboxylic acids is 4. The van der Waals surface area contributed by atoms with E-state index in [2.05, 4.69) is 50.5 Å². The minimum absolute atomic E-state index is 0. The maximum absolute atomic E-state index is 10.3. The second kappa shape index (κ2) is 22.9. The molecule has 0 atom stereocenters. The van der Waals surface area contributed by atoms with Crippen LogP contribution in [0.5, 0.6) is 0 Å². The average Bonchev–Trinajstić information content (AvgIpc) is 2.87. The minimum Gasteiger partial charge on any atom is -0.549 e. The molecule has 0 aliphatic rings. The Kier molecular flexibility index (Phi) is 29.1. The van der Waals surface area contributed by atoms with Gasteiger partial charge in [-0.05, 0) is 51.4 Å². The molecule has 0 aliphatic heterocycles. The molecule has 0 aliphatic carbocycles. The fourth-order valence-corrected chi connectivity index (χ4v) is 2.15. The summed E-state index contributed by atoms with van der Waals surface area (Å²) in [5.74, 6) is -4.29. The second-order valence-corrected chi connectivity index (χ2v) is 11.5. The van der Waals surface area contributed by atoms with Gasteiger partial charge in [0, 0.05) is 0 Å². The van der Waals surface area contributed by atoms with Crippen molar-refractivity contribution in [2.45, 2.75) is 126 Å². The molecular formula is C24H44O8S4Zr. The first-order chi connectivity index (χ1) is 16.3. The van der Waals surface area contributed by atoms with Crippen LogP contribution >= 0.6 is 50.5 Å². The van der Waals surface area contributed by atoms with Gasteiger partial charge >= 0.3 is 26.2 Å². The van der Waals surface area contributed by atoms with Crippen LogP contribution < -0.4 is 20.4 Å². The van der Waals surface area contributed by atoms with Crippen molar-refractivity contribution < 1.29 is 65.8 Å². The van der Waals surface area contributed by atoms with Crippen LogP contribution in [0.3, 0.4) is 0 Å². The fraction of sp³-hybridized carbons (Fsp3) is 0.833. The number of hydrogen-bond acceptors (Lipinski definition) is 12. The van der Waals surface area contributed by atoms with Crippen molar-refractivity contribution in [1.29, 1.82) is 0 Å². The van der Waals surface area contributed by atoms with Crippen molar-refractivity contribution in [2.75, 3.05) is 0 Å². The molecule has 0 saturated carbocycles. The fourth-order valence-electron chi connectivity index (χ4n) is 2.15. The summed E-state index contributed by atoms with van der Waals surface area (Å²) in [6.07, 6.45) is 4.07. The van der Waals surface area contributed by atoms with E-state index in [1.54, 1.807) is 55.4 Å². The predicted octanol–water partition coefficient (Wildman–Crippen LogP) is 0.897. The molecule has 0 rings (SSSR count). The summed E-state index contributed by atoms with van der Waals surface area (Å²) in [5, 5.41) is 41.2. The van der Waals surface area contributed by atoms with Gasteiger partial charge in [-0.25, -0.2) is 0 Å². The number of aliphatic carboxylic acids is 4. The standard InChI is InChI=1S/4C6H12O2S.Zr/c4*1-3-6(9,4-2)5(7)8;/h4*9H,3-4H2,1-2H3,(H,7,8);/q;;;;+4/p-4. The Morgan fingerprint density at radius 2 is 0.486 bits per heavy atom. The van der Waals surface area contributed by atoms with E-state index in [1.165, 1.54) is 0 Å². The van der Waals surface area contributed by atoms with Gasteiger partial charge in [0.15, 0.2) is 0 Å². The number of carboxylic acid groups (broad SMARTS) is 4. The average molecular weight is 680 g/mol. The van der Waals surface area contributed by atoms with E-state index in [0.29, 0.717) is 51.4 Å². The molecule has 0 heterocycles. The largest absolute Gasteiger partial charge is 4.00 e. The Hall–Kier alpha value is 0.163. The van der Waals surface area contributed by atoms with E-state index in [0.717, 1.165) is 0 Å². The summed E-state index contributed by atoms with van der Waals surface area (Å²) in [5.41, 5.74) is 0. The van der Waals surface area contributed by atoms with E-state index in [-0.39, 0.29) is 26.2 Å². The molecule has 0 saturated heterocycles. The van der Waals surface area contributed by atoms with Gasteiger partial charge in [0.1, 0.15) is 0 Å². The first kappa shape index (κ1) is 47.0. The van der Waals surface area contributed by atoms with Crippen LogP contribution in [-0.4, -0.2) is 42.9 Å². The number of hydrogen-bond donors (Lipinski definition) is 4. The third kappa shape index (κ3) is 18.2. The molecule has 0 amide bonds. The summed E-state index contributed by atoms with van der Waals surface area (Å²) >= 11 is 15.8. The zero-order chi connectivity index (χ0) is 30.0. The summed E-state index contributed by atoms with van der Waals surface area (Å²) in [6, 6.07) is 0. The van der Waals surface area contributed by atoms with Gasteiger partial charge in [-0.15, -0.1) is 0 Å². The van der Waals surface area contributed by atoms with Crippen molar-refractivity contribution in [1.82, 2.24) is 0 Å². The van der Waals surface area contributed by atoms with E-state index in [9.17, 15) is 39.6 Å². The van der Waals surface area contributed by atoms with Gasteiger partial charge in [-0.1, -0.05) is 55.4 Å². The van der Waals surface area contributed by atoms with Gasteiger partial charge in [-0.3, -0.25) is 0 Å². The molecule has 37 heavy (non-hydrogen) atoms. The van der Waals surface area contributed by atoms with E-state index >= 15 is 0 Å². The Labute approximate surface area is 264 Å². The maximum atomic E-state index is 10.3. The monoisotopic (exact) mass is 678 g/mol. The van der Waals surface area contributed by atoms with Crippen LogP contribution in [0, 0.1) is 0 Å². The van der Waals surface area contributed by atoms with Crippen LogP contribution in [0.2, 0.25) is 0 Å². The van der Waals surface area contributed by atoms with Crippen LogP contribution in [0.15, 0.2) is 0 Å². The molecule has 0 bridgehead atoms. The van der Waals surface area contributed by atoms with E-state index in [1.807, 2.05) is 0 Å². The van der Waals surface area contributed by atoms with Gasteiger partial charge in [0.05, 0.1) is 42.9 Å². The molecule has 0 aromatic carbocycles. The van der Waals surface area contributed by atoms with Crippen LogP contribution in [0.1, 0.15) is 107 Å². The van der Waals surface area contributed by atoms with E-state index < -0.39 is 42.9 Å². The molecule has 8 nitrogen and oxygen atoms in total. The van der Waals surface area contributed by atoms with Crippen molar-refractivity contribution in [3.8, 4) is 0 Å². The molecule has 0 N–H and O–H groups in total. The zero-order valence-corrected chi connectivity index (χ0v) is 29.2. The summed E-state index contributed by atoms with van der Waals surface area (Å²) in [4.78, 5) is 41.2. The number of thiol groups is 4. The first-order valence-electron chi connectivity index (χ1n) is 12.0. The van der Waals surface area contributed by atoms with Crippen molar-refractivity contribution in [2.24, 2.45) is 0 Å². The number of carbonyl (C=O) groups is 4. The number of rotatable bonds is 12. The third-order valence-corrected chi connectivity index (χ3v) is 9.46. The Balaban J connectivity index is -0.000000122. The van der Waals surface area contributed by atoms with Gasteiger partial charge in [-0.2, -0.15) is 50.5 Å². The molecule has 0 unspecified atom stereocenters. The van der Waals surface area contributed by atoms with Crippen molar-refractivity contribution >= 4 is 74.4 Å². The SMILES string of the molecule is CCC(S)(CC)C(=O)[O-].CCC(S)(CC)C(=O)[O-].CCC(S)(CC)C(=O)[O-].CCC(S)(CC)C(=O)[O-].[Zr+4]. The Morgan fingerprint density at radius 3 is 0.486 bits per heavy atom. The quantitative estimate of drug-likeness (QED) is 0.222. The third-order valence-electron chi connectivity index (χ3n) is 6.20. The van der Waals surface area contributed by atoms with Gasteiger partial charge in [0.25, 0.3) is 0 Å². The molecule has 0 radical (unpaired) electrons. The van der Waals surface area contributed by atoms with Crippen LogP contribution in [-0.2, 0) is 45.4 Å². The normalized spacial score (nSPS) is 11.1. The van der Waals surface area contributed by atoms with E-state index in [4.69, 9.17) is 0 Å². The summed E-state index contributed by atoms with van der Waals surface area (Å²) in [7, 11) is 0. The molecule has 13 heteroatoms. The molecule has 0 fully saturated rings. The second-order valence-electron chi connectivity index (χ2n) is 8.10. The van der Waals surface area contributed by atoms with Crippen molar-refractivity contribution in [3.05, 3.63) is 0 Å².